The zero-order valence-electron chi connectivity index (χ0n) is 14.0. The molecule has 0 heterocycles. The van der Waals surface area contributed by atoms with Gasteiger partial charge in [-0.1, -0.05) is 17.7 Å². The Labute approximate surface area is 152 Å². The van der Waals surface area contributed by atoms with Gasteiger partial charge in [-0.25, -0.2) is 8.42 Å². The van der Waals surface area contributed by atoms with E-state index in [1.165, 1.54) is 24.3 Å². The van der Waals surface area contributed by atoms with Crippen LogP contribution in [0.4, 0.5) is 5.69 Å². The van der Waals surface area contributed by atoms with Crippen LogP contribution in [0.2, 0.25) is 0 Å². The second-order valence-electron chi connectivity index (χ2n) is 5.87. The van der Waals surface area contributed by atoms with E-state index in [1.54, 1.807) is 48.5 Å². The van der Waals surface area contributed by atoms with Crippen molar-refractivity contribution in [3.63, 3.8) is 0 Å². The van der Waals surface area contributed by atoms with Gasteiger partial charge in [0.05, 0.1) is 4.90 Å². The number of nitrogens with one attached hydrogen (secondary N) is 1. The Morgan fingerprint density at radius 3 is 1.85 bits per heavy atom. The third kappa shape index (κ3) is 3.92. The van der Waals surface area contributed by atoms with Crippen molar-refractivity contribution >= 4 is 21.5 Å². The molecular weight excluding hydrogens is 350 g/mol. The van der Waals surface area contributed by atoms with Crippen LogP contribution in [0.15, 0.2) is 77.7 Å². The molecule has 0 spiro atoms. The van der Waals surface area contributed by atoms with E-state index >= 15 is 0 Å². The van der Waals surface area contributed by atoms with Gasteiger partial charge in [0.15, 0.2) is 5.78 Å². The fraction of sp³-hybridized carbons (Fsp3) is 0.0500. The molecule has 0 atom stereocenters. The number of benzene rings is 3. The van der Waals surface area contributed by atoms with E-state index in [0.29, 0.717) is 16.8 Å². The summed E-state index contributed by atoms with van der Waals surface area (Å²) in [5.41, 5.74) is 2.21. The lowest BCUT2D eigenvalue weighted by Crippen LogP contribution is -2.13. The summed E-state index contributed by atoms with van der Waals surface area (Å²) in [6, 6.07) is 18.7. The number of aryl methyl sites for hydroxylation is 1. The average Bonchev–Trinajstić information content (AvgIpc) is 2.62. The highest BCUT2D eigenvalue weighted by atomic mass is 32.2. The third-order valence-corrected chi connectivity index (χ3v) is 5.26. The van der Waals surface area contributed by atoms with E-state index < -0.39 is 10.0 Å². The van der Waals surface area contributed by atoms with Crippen molar-refractivity contribution in [1.29, 1.82) is 0 Å². The average molecular weight is 367 g/mol. The van der Waals surface area contributed by atoms with Crippen molar-refractivity contribution in [2.24, 2.45) is 0 Å². The zero-order chi connectivity index (χ0) is 18.7. The lowest BCUT2D eigenvalue weighted by atomic mass is 10.0. The molecule has 0 saturated heterocycles. The second-order valence-corrected chi connectivity index (χ2v) is 7.55. The number of aromatic hydroxyl groups is 1. The molecular formula is C20H17NO4S. The molecule has 0 aliphatic carbocycles. The summed E-state index contributed by atoms with van der Waals surface area (Å²) in [7, 11) is -3.68. The first-order valence-electron chi connectivity index (χ1n) is 7.88. The van der Waals surface area contributed by atoms with Crippen LogP contribution in [-0.2, 0) is 10.0 Å². The summed E-state index contributed by atoms with van der Waals surface area (Å²) >= 11 is 0. The summed E-state index contributed by atoms with van der Waals surface area (Å²) < 4.78 is 27.3. The van der Waals surface area contributed by atoms with E-state index in [4.69, 9.17) is 0 Å². The van der Waals surface area contributed by atoms with Crippen molar-refractivity contribution in [2.45, 2.75) is 11.8 Å². The van der Waals surface area contributed by atoms with Crippen LogP contribution in [0.25, 0.3) is 0 Å². The Morgan fingerprint density at radius 2 is 1.31 bits per heavy atom. The quantitative estimate of drug-likeness (QED) is 0.673. The summed E-state index contributed by atoms with van der Waals surface area (Å²) in [5, 5.41) is 9.29. The molecule has 132 valence electrons. The summed E-state index contributed by atoms with van der Waals surface area (Å²) in [6.45, 7) is 1.88. The van der Waals surface area contributed by atoms with Gasteiger partial charge in [0.1, 0.15) is 5.75 Å². The zero-order valence-corrected chi connectivity index (χ0v) is 14.8. The van der Waals surface area contributed by atoms with Crippen molar-refractivity contribution in [3.8, 4) is 5.75 Å². The van der Waals surface area contributed by atoms with Gasteiger partial charge in [0.25, 0.3) is 10.0 Å². The number of hydrogen-bond donors (Lipinski definition) is 2. The van der Waals surface area contributed by atoms with Crippen LogP contribution in [0, 0.1) is 6.92 Å². The van der Waals surface area contributed by atoms with Gasteiger partial charge in [-0.2, -0.15) is 0 Å². The van der Waals surface area contributed by atoms with E-state index in [-0.39, 0.29) is 16.4 Å². The highest BCUT2D eigenvalue weighted by Crippen LogP contribution is 2.19. The number of anilines is 1. The standard InChI is InChI=1S/C20H17NO4S/c1-14-2-12-19(13-3-14)26(24,25)21-17-8-4-15(5-9-17)20(23)16-6-10-18(22)11-7-16/h2-13,21-22H,1H3. The van der Waals surface area contributed by atoms with Gasteiger partial charge in [-0.3, -0.25) is 9.52 Å². The highest BCUT2D eigenvalue weighted by molar-refractivity contribution is 7.92. The summed E-state index contributed by atoms with van der Waals surface area (Å²) in [5.74, 6) is -0.125. The van der Waals surface area contributed by atoms with Crippen molar-refractivity contribution in [1.82, 2.24) is 0 Å². The topological polar surface area (TPSA) is 83.5 Å². The molecule has 0 aliphatic heterocycles. The molecule has 0 unspecified atom stereocenters. The van der Waals surface area contributed by atoms with Crippen molar-refractivity contribution < 1.29 is 18.3 Å². The number of rotatable bonds is 5. The SMILES string of the molecule is Cc1ccc(S(=O)(=O)Nc2ccc(C(=O)c3ccc(O)cc3)cc2)cc1. The maximum Gasteiger partial charge on any atom is 0.261 e. The van der Waals surface area contributed by atoms with Crippen molar-refractivity contribution in [2.75, 3.05) is 4.72 Å². The monoisotopic (exact) mass is 367 g/mol. The molecule has 5 nitrogen and oxygen atoms in total. The van der Waals surface area contributed by atoms with Gasteiger partial charge in [-0.15, -0.1) is 0 Å². The fourth-order valence-corrected chi connectivity index (χ4v) is 3.46. The van der Waals surface area contributed by atoms with Crippen LogP contribution in [0.3, 0.4) is 0 Å². The number of carbonyl (C=O) groups is 1. The fourth-order valence-electron chi connectivity index (χ4n) is 2.40. The minimum Gasteiger partial charge on any atom is -0.508 e. The number of phenolic OH excluding ortho intramolecular Hbond substituents is 1. The minimum atomic E-state index is -3.68. The first kappa shape index (κ1) is 17.7. The van der Waals surface area contributed by atoms with Gasteiger partial charge < -0.3 is 5.11 Å². The first-order valence-corrected chi connectivity index (χ1v) is 9.37. The molecule has 0 bridgehead atoms. The number of phenols is 1. The Hall–Kier alpha value is -3.12. The van der Waals surface area contributed by atoms with Gasteiger partial charge >= 0.3 is 0 Å². The van der Waals surface area contributed by atoms with Gasteiger partial charge in [0, 0.05) is 16.8 Å². The molecule has 0 saturated carbocycles. The lowest BCUT2D eigenvalue weighted by molar-refractivity contribution is 0.103. The maximum absolute atomic E-state index is 12.4. The smallest absolute Gasteiger partial charge is 0.261 e. The Bertz CT molecular complexity index is 1020. The first-order chi connectivity index (χ1) is 12.3. The largest absolute Gasteiger partial charge is 0.508 e. The molecule has 3 aromatic rings. The highest BCUT2D eigenvalue weighted by Gasteiger charge is 2.14. The van der Waals surface area contributed by atoms with Crippen LogP contribution in [-0.4, -0.2) is 19.3 Å². The van der Waals surface area contributed by atoms with Crippen molar-refractivity contribution in [3.05, 3.63) is 89.5 Å². The second kappa shape index (κ2) is 7.01. The number of ketones is 1. The lowest BCUT2D eigenvalue weighted by Gasteiger charge is -2.09. The van der Waals surface area contributed by atoms with Gasteiger partial charge in [0.2, 0.25) is 0 Å². The number of carbonyl (C=O) groups excluding carboxylic acids is 1. The molecule has 0 amide bonds. The maximum atomic E-state index is 12.4. The number of hydrogen-bond acceptors (Lipinski definition) is 4. The van der Waals surface area contributed by atoms with E-state index in [9.17, 15) is 18.3 Å². The summed E-state index contributed by atoms with van der Waals surface area (Å²) in [4.78, 5) is 12.6. The molecule has 26 heavy (non-hydrogen) atoms. The Kier molecular flexibility index (Phi) is 4.77. The Morgan fingerprint density at radius 1 is 0.808 bits per heavy atom. The van der Waals surface area contributed by atoms with E-state index in [0.717, 1.165) is 5.56 Å². The summed E-state index contributed by atoms with van der Waals surface area (Å²) in [6.07, 6.45) is 0. The van der Waals surface area contributed by atoms with Crippen LogP contribution >= 0.6 is 0 Å². The van der Waals surface area contributed by atoms with Crippen LogP contribution in [0.1, 0.15) is 21.5 Å². The molecule has 3 rings (SSSR count). The van der Waals surface area contributed by atoms with Crippen LogP contribution in [0.5, 0.6) is 5.75 Å². The molecule has 0 radical (unpaired) electrons. The van der Waals surface area contributed by atoms with Crippen LogP contribution < -0.4 is 4.72 Å². The minimum absolute atomic E-state index is 0.0856. The molecule has 3 aromatic carbocycles. The molecule has 2 N–H and O–H groups in total. The van der Waals surface area contributed by atoms with Gasteiger partial charge in [-0.05, 0) is 67.6 Å². The predicted octanol–water partition coefficient (Wildman–Crippen LogP) is 3.73. The Balaban J connectivity index is 1.78. The predicted molar refractivity (Wildman–Crippen MR) is 100.0 cm³/mol. The van der Waals surface area contributed by atoms with E-state index in [1.807, 2.05) is 6.92 Å². The number of sulfonamides is 1. The molecule has 0 aliphatic rings. The van der Waals surface area contributed by atoms with E-state index in [2.05, 4.69) is 4.72 Å². The molecule has 6 heteroatoms. The third-order valence-electron chi connectivity index (χ3n) is 3.86. The molecule has 0 fully saturated rings. The normalized spacial score (nSPS) is 11.1. The molecule has 0 aromatic heterocycles.